The lowest BCUT2D eigenvalue weighted by Gasteiger charge is -2.19. The Bertz CT molecular complexity index is 1120. The van der Waals surface area contributed by atoms with Gasteiger partial charge in [0.25, 0.3) is 5.91 Å². The van der Waals surface area contributed by atoms with Crippen LogP contribution in [-0.4, -0.2) is 16.9 Å². The van der Waals surface area contributed by atoms with E-state index in [1.54, 1.807) is 31.3 Å². The largest absolute Gasteiger partial charge is 0.482 e. The predicted octanol–water partition coefficient (Wildman–Crippen LogP) is 6.45. The van der Waals surface area contributed by atoms with E-state index in [1.807, 2.05) is 26.0 Å². The van der Waals surface area contributed by atoms with Crippen LogP contribution in [0.25, 0.3) is 11.1 Å². The number of pyridine rings is 1. The first-order valence-electron chi connectivity index (χ1n) is 10.2. The van der Waals surface area contributed by atoms with E-state index in [4.69, 9.17) is 33.7 Å². The molecule has 5 nitrogen and oxygen atoms in total. The Balaban J connectivity index is 1.83. The number of nitrogens with two attached hydrogens (primary N) is 1. The molecule has 1 aromatic heterocycles. The first-order valence-corrected chi connectivity index (χ1v) is 10.9. The van der Waals surface area contributed by atoms with Crippen LogP contribution in [0.15, 0.2) is 48.7 Å². The van der Waals surface area contributed by atoms with Gasteiger partial charge in [0.05, 0.1) is 5.02 Å². The van der Waals surface area contributed by atoms with Crippen molar-refractivity contribution in [1.29, 1.82) is 0 Å². The standard InChI is InChI=1S/C24H24Cl2FN3O2/c1-4-13(2)30-24(31)16-7-5-15(6-8-16)17-11-20(23(28)29-12-17)32-14(3)21-18(25)9-10-19(27)22(21)26/h5-14H,4H2,1-3H3,(H2,28,29)(H,30,31)/t13-,14-/m0/s1. The zero-order valence-electron chi connectivity index (χ0n) is 18.0. The number of benzene rings is 2. The Morgan fingerprint density at radius 3 is 2.50 bits per heavy atom. The average Bonchev–Trinajstić information content (AvgIpc) is 2.78. The summed E-state index contributed by atoms with van der Waals surface area (Å²) in [6, 6.07) is 11.6. The number of carbonyl (C=O) groups excluding carboxylic acids is 1. The van der Waals surface area contributed by atoms with E-state index in [2.05, 4.69) is 10.3 Å². The molecule has 2 aromatic carbocycles. The summed E-state index contributed by atoms with van der Waals surface area (Å²) < 4.78 is 19.8. The Morgan fingerprint density at radius 2 is 1.84 bits per heavy atom. The molecule has 0 saturated carbocycles. The molecule has 32 heavy (non-hydrogen) atoms. The second-order valence-electron chi connectivity index (χ2n) is 7.48. The number of aromatic nitrogens is 1. The Hall–Kier alpha value is -2.83. The van der Waals surface area contributed by atoms with Crippen molar-refractivity contribution in [3.8, 4) is 16.9 Å². The number of anilines is 1. The Kier molecular flexibility index (Phi) is 7.59. The second kappa shape index (κ2) is 10.2. The number of hydrogen-bond donors (Lipinski definition) is 2. The summed E-state index contributed by atoms with van der Waals surface area (Å²) >= 11 is 12.3. The summed E-state index contributed by atoms with van der Waals surface area (Å²) in [6.07, 6.45) is 1.80. The van der Waals surface area contributed by atoms with Crippen molar-refractivity contribution in [2.45, 2.75) is 39.3 Å². The normalized spacial score (nSPS) is 12.8. The lowest BCUT2D eigenvalue weighted by molar-refractivity contribution is 0.0939. The molecule has 0 bridgehead atoms. The van der Waals surface area contributed by atoms with Gasteiger partial charge in [-0.1, -0.05) is 42.3 Å². The van der Waals surface area contributed by atoms with Crippen LogP contribution < -0.4 is 15.8 Å². The number of ether oxygens (including phenoxy) is 1. The molecule has 0 saturated heterocycles. The maximum absolute atomic E-state index is 13.9. The van der Waals surface area contributed by atoms with Crippen molar-refractivity contribution in [1.82, 2.24) is 10.3 Å². The SMILES string of the molecule is CC[C@H](C)NC(=O)c1ccc(-c2cnc(N)c(O[C@@H](C)c3c(Cl)ccc(F)c3Cl)c2)cc1. The maximum Gasteiger partial charge on any atom is 0.251 e. The number of hydrogen-bond acceptors (Lipinski definition) is 4. The third-order valence-electron chi connectivity index (χ3n) is 5.14. The summed E-state index contributed by atoms with van der Waals surface area (Å²) in [5.41, 5.74) is 8.46. The number of nitrogens with one attached hydrogen (secondary N) is 1. The van der Waals surface area contributed by atoms with E-state index in [-0.39, 0.29) is 27.8 Å². The van der Waals surface area contributed by atoms with Crippen molar-refractivity contribution < 1.29 is 13.9 Å². The van der Waals surface area contributed by atoms with Gasteiger partial charge in [-0.05, 0) is 56.2 Å². The average molecular weight is 476 g/mol. The summed E-state index contributed by atoms with van der Waals surface area (Å²) in [7, 11) is 0. The molecule has 8 heteroatoms. The molecule has 3 aromatic rings. The summed E-state index contributed by atoms with van der Waals surface area (Å²) in [6.45, 7) is 5.67. The summed E-state index contributed by atoms with van der Waals surface area (Å²) in [5.74, 6) is -0.222. The molecule has 3 N–H and O–H groups in total. The molecule has 0 unspecified atom stereocenters. The fourth-order valence-electron chi connectivity index (χ4n) is 3.10. The van der Waals surface area contributed by atoms with Gasteiger partial charge >= 0.3 is 0 Å². The van der Waals surface area contributed by atoms with Crippen LogP contribution in [0, 0.1) is 5.82 Å². The zero-order valence-corrected chi connectivity index (χ0v) is 19.5. The van der Waals surface area contributed by atoms with Crippen molar-refractivity contribution in [3.05, 3.63) is 75.7 Å². The highest BCUT2D eigenvalue weighted by molar-refractivity contribution is 6.36. The van der Waals surface area contributed by atoms with Gasteiger partial charge in [0.1, 0.15) is 11.9 Å². The molecule has 3 rings (SSSR count). The van der Waals surface area contributed by atoms with Gasteiger partial charge in [-0.15, -0.1) is 0 Å². The summed E-state index contributed by atoms with van der Waals surface area (Å²) in [4.78, 5) is 16.5. The zero-order chi connectivity index (χ0) is 23.4. The molecule has 168 valence electrons. The van der Waals surface area contributed by atoms with Gasteiger partial charge < -0.3 is 15.8 Å². The van der Waals surface area contributed by atoms with Crippen LogP contribution in [0.5, 0.6) is 5.75 Å². The van der Waals surface area contributed by atoms with E-state index in [0.717, 1.165) is 17.5 Å². The first-order chi connectivity index (χ1) is 15.2. The fraction of sp³-hybridized carbons (Fsp3) is 0.250. The minimum atomic E-state index is -0.670. The molecular formula is C24H24Cl2FN3O2. The predicted molar refractivity (Wildman–Crippen MR) is 127 cm³/mol. The van der Waals surface area contributed by atoms with E-state index in [1.165, 1.54) is 12.1 Å². The number of nitrogen functional groups attached to an aromatic ring is 1. The van der Waals surface area contributed by atoms with E-state index < -0.39 is 11.9 Å². The highest BCUT2D eigenvalue weighted by Gasteiger charge is 2.20. The van der Waals surface area contributed by atoms with E-state index in [0.29, 0.717) is 16.9 Å². The number of rotatable bonds is 7. The number of carbonyl (C=O) groups is 1. The number of nitrogens with zero attached hydrogens (tertiary/aromatic N) is 1. The van der Waals surface area contributed by atoms with E-state index in [9.17, 15) is 9.18 Å². The quantitative estimate of drug-likeness (QED) is 0.385. The molecular weight excluding hydrogens is 452 g/mol. The second-order valence-corrected chi connectivity index (χ2v) is 8.27. The highest BCUT2D eigenvalue weighted by atomic mass is 35.5. The molecule has 0 aliphatic rings. The van der Waals surface area contributed by atoms with Gasteiger partial charge in [-0.25, -0.2) is 9.37 Å². The van der Waals surface area contributed by atoms with Crippen LogP contribution in [0.3, 0.4) is 0 Å². The van der Waals surface area contributed by atoms with E-state index >= 15 is 0 Å². The lowest BCUT2D eigenvalue weighted by atomic mass is 10.0. The van der Waals surface area contributed by atoms with Gasteiger partial charge in [0.2, 0.25) is 0 Å². The van der Waals surface area contributed by atoms with Crippen LogP contribution in [0.4, 0.5) is 10.2 Å². The highest BCUT2D eigenvalue weighted by Crippen LogP contribution is 2.37. The van der Waals surface area contributed by atoms with Crippen LogP contribution in [0.2, 0.25) is 10.0 Å². The van der Waals surface area contributed by atoms with Crippen molar-refractivity contribution in [2.75, 3.05) is 5.73 Å². The molecule has 0 fully saturated rings. The van der Waals surface area contributed by atoms with Crippen LogP contribution >= 0.6 is 23.2 Å². The molecule has 2 atom stereocenters. The van der Waals surface area contributed by atoms with Crippen molar-refractivity contribution >= 4 is 34.9 Å². The van der Waals surface area contributed by atoms with Gasteiger partial charge in [-0.2, -0.15) is 0 Å². The molecule has 0 radical (unpaired) electrons. The van der Waals surface area contributed by atoms with Crippen molar-refractivity contribution in [2.24, 2.45) is 0 Å². The van der Waals surface area contributed by atoms with Crippen LogP contribution in [-0.2, 0) is 0 Å². The third-order valence-corrected chi connectivity index (χ3v) is 5.86. The minimum Gasteiger partial charge on any atom is -0.482 e. The van der Waals surface area contributed by atoms with Crippen LogP contribution in [0.1, 0.15) is 49.2 Å². The van der Waals surface area contributed by atoms with Gasteiger partial charge in [0.15, 0.2) is 11.6 Å². The topological polar surface area (TPSA) is 77.2 Å². The molecule has 0 spiro atoms. The van der Waals surface area contributed by atoms with Gasteiger partial charge in [0, 0.05) is 34.0 Å². The Labute approximate surface area is 196 Å². The smallest absolute Gasteiger partial charge is 0.251 e. The molecule has 0 aliphatic carbocycles. The Morgan fingerprint density at radius 1 is 1.16 bits per heavy atom. The third kappa shape index (κ3) is 5.31. The maximum atomic E-state index is 13.9. The molecule has 1 heterocycles. The summed E-state index contributed by atoms with van der Waals surface area (Å²) in [5, 5.41) is 3.13. The minimum absolute atomic E-state index is 0.0982. The molecule has 0 aliphatic heterocycles. The number of halogens is 3. The first kappa shape index (κ1) is 23.8. The molecule has 1 amide bonds. The van der Waals surface area contributed by atoms with Gasteiger partial charge in [-0.3, -0.25) is 4.79 Å². The lowest BCUT2D eigenvalue weighted by Crippen LogP contribution is -2.31. The van der Waals surface area contributed by atoms with Crippen molar-refractivity contribution in [3.63, 3.8) is 0 Å². The number of amides is 1. The fourth-order valence-corrected chi connectivity index (χ4v) is 3.77. The monoisotopic (exact) mass is 475 g/mol.